The topological polar surface area (TPSA) is 6.48 Å². The van der Waals surface area contributed by atoms with Gasteiger partial charge in [0.2, 0.25) is 0 Å². The van der Waals surface area contributed by atoms with Gasteiger partial charge in [-0.25, -0.2) is 0 Å². The number of anilines is 1. The number of piperazine rings is 1. The summed E-state index contributed by atoms with van der Waals surface area (Å²) in [4.78, 5) is 5.02. The summed E-state index contributed by atoms with van der Waals surface area (Å²) in [6, 6.07) is 4.78. The Morgan fingerprint density at radius 3 is 1.85 bits per heavy atom. The quantitative estimate of drug-likeness (QED) is 0.626. The molecular formula is C24H38N2. The van der Waals surface area contributed by atoms with Crippen LogP contribution in [0.3, 0.4) is 0 Å². The molecule has 0 radical (unpaired) electrons. The minimum absolute atomic E-state index is 0.304. The van der Waals surface area contributed by atoms with Crippen LogP contribution in [0.5, 0.6) is 0 Å². The normalized spacial score (nSPS) is 15.3. The first-order valence-corrected chi connectivity index (χ1v) is 10.2. The van der Waals surface area contributed by atoms with Gasteiger partial charge in [0.1, 0.15) is 0 Å². The Morgan fingerprint density at radius 2 is 1.46 bits per heavy atom. The molecule has 0 saturated carbocycles. The summed E-state index contributed by atoms with van der Waals surface area (Å²) in [7, 11) is 0. The molecule has 1 aromatic carbocycles. The van der Waals surface area contributed by atoms with E-state index in [2.05, 4.69) is 76.6 Å². The Kier molecular flexibility index (Phi) is 6.60. The second-order valence-corrected chi connectivity index (χ2v) is 8.90. The van der Waals surface area contributed by atoms with E-state index in [9.17, 15) is 0 Å². The van der Waals surface area contributed by atoms with Crippen LogP contribution in [0, 0.1) is 5.41 Å². The number of nitrogens with zero attached hydrogens (tertiary/aromatic N) is 2. The highest BCUT2D eigenvalue weighted by Crippen LogP contribution is 2.31. The van der Waals surface area contributed by atoms with Crippen LogP contribution in [0.25, 0.3) is 5.57 Å². The summed E-state index contributed by atoms with van der Waals surface area (Å²) < 4.78 is 0. The van der Waals surface area contributed by atoms with Crippen LogP contribution in [0.2, 0.25) is 0 Å². The van der Waals surface area contributed by atoms with Crippen molar-refractivity contribution in [1.29, 1.82) is 0 Å². The Hall–Kier alpha value is -1.70. The molecule has 1 aliphatic rings. The van der Waals surface area contributed by atoms with Crippen LogP contribution < -0.4 is 4.90 Å². The van der Waals surface area contributed by atoms with E-state index in [-0.39, 0.29) is 0 Å². The van der Waals surface area contributed by atoms with Crippen LogP contribution in [-0.2, 0) is 12.8 Å². The molecule has 1 aromatic rings. The van der Waals surface area contributed by atoms with Crippen LogP contribution >= 0.6 is 0 Å². The standard InChI is InChI=1S/C24H38N2/c1-9-20-15-22(16-21(10-2)23(20)18(3)4)26-13-11-25(12-14-26)19(5)17-24(6,7)8/h15-16H,3,5,9-14,17H2,1-2,4,6-8H3. The molecule has 1 heterocycles. The van der Waals surface area contributed by atoms with E-state index in [0.717, 1.165) is 45.4 Å². The first-order valence-electron chi connectivity index (χ1n) is 10.2. The minimum atomic E-state index is 0.304. The monoisotopic (exact) mass is 354 g/mol. The fraction of sp³-hybridized carbons (Fsp3) is 0.583. The second-order valence-electron chi connectivity index (χ2n) is 8.90. The molecule has 0 unspecified atom stereocenters. The van der Waals surface area contributed by atoms with E-state index < -0.39 is 0 Å². The van der Waals surface area contributed by atoms with E-state index >= 15 is 0 Å². The van der Waals surface area contributed by atoms with Gasteiger partial charge in [0, 0.05) is 37.6 Å². The van der Waals surface area contributed by atoms with Crippen molar-refractivity contribution in [2.75, 3.05) is 31.1 Å². The zero-order valence-corrected chi connectivity index (χ0v) is 17.9. The number of allylic oxidation sites excluding steroid dienone is 2. The molecule has 1 aliphatic heterocycles. The van der Waals surface area contributed by atoms with Crippen molar-refractivity contribution < 1.29 is 0 Å². The Labute approximate surface area is 161 Å². The maximum absolute atomic E-state index is 4.34. The predicted molar refractivity (Wildman–Crippen MR) is 117 cm³/mol. The van der Waals surface area contributed by atoms with Crippen molar-refractivity contribution in [3.8, 4) is 0 Å². The maximum Gasteiger partial charge on any atom is 0.0373 e. The lowest BCUT2D eigenvalue weighted by Crippen LogP contribution is -2.46. The van der Waals surface area contributed by atoms with Crippen LogP contribution in [0.15, 0.2) is 31.0 Å². The molecule has 26 heavy (non-hydrogen) atoms. The molecular weight excluding hydrogens is 316 g/mol. The molecule has 1 fully saturated rings. The third-order valence-corrected chi connectivity index (χ3v) is 5.30. The largest absolute Gasteiger partial charge is 0.372 e. The van der Waals surface area contributed by atoms with Gasteiger partial charge in [0.15, 0.2) is 0 Å². The lowest BCUT2D eigenvalue weighted by atomic mass is 9.90. The highest BCUT2D eigenvalue weighted by atomic mass is 15.3. The van der Waals surface area contributed by atoms with Crippen LogP contribution in [-0.4, -0.2) is 31.1 Å². The fourth-order valence-corrected chi connectivity index (χ4v) is 4.04. The van der Waals surface area contributed by atoms with Gasteiger partial charge in [-0.15, -0.1) is 0 Å². The summed E-state index contributed by atoms with van der Waals surface area (Å²) in [6.07, 6.45) is 3.19. The molecule has 0 spiro atoms. The van der Waals surface area contributed by atoms with Gasteiger partial charge in [-0.1, -0.05) is 53.3 Å². The average Bonchev–Trinajstić information content (AvgIpc) is 2.58. The number of rotatable bonds is 6. The SMILES string of the molecule is C=C(C)c1c(CC)cc(N2CCN(C(=C)CC(C)(C)C)CC2)cc1CC. The zero-order chi connectivity index (χ0) is 19.5. The van der Waals surface area contributed by atoms with E-state index in [0.29, 0.717) is 5.41 Å². The number of benzene rings is 1. The van der Waals surface area contributed by atoms with Gasteiger partial charge >= 0.3 is 0 Å². The molecule has 2 heteroatoms. The van der Waals surface area contributed by atoms with E-state index in [1.807, 2.05) is 0 Å². The summed E-state index contributed by atoms with van der Waals surface area (Å²) >= 11 is 0. The van der Waals surface area contributed by atoms with Gasteiger partial charge in [-0.05, 0) is 60.4 Å². The van der Waals surface area contributed by atoms with E-state index in [1.165, 1.54) is 33.6 Å². The van der Waals surface area contributed by atoms with Gasteiger partial charge in [0.25, 0.3) is 0 Å². The van der Waals surface area contributed by atoms with Crippen molar-refractivity contribution in [1.82, 2.24) is 4.90 Å². The van der Waals surface area contributed by atoms with Gasteiger partial charge in [-0.2, -0.15) is 0 Å². The third kappa shape index (κ3) is 4.93. The van der Waals surface area contributed by atoms with Crippen molar-refractivity contribution in [3.05, 3.63) is 47.7 Å². The van der Waals surface area contributed by atoms with Crippen molar-refractivity contribution >= 4 is 11.3 Å². The summed E-state index contributed by atoms with van der Waals surface area (Å²) in [5.74, 6) is 0. The van der Waals surface area contributed by atoms with Gasteiger partial charge in [-0.3, -0.25) is 0 Å². The molecule has 0 bridgehead atoms. The van der Waals surface area contributed by atoms with Crippen molar-refractivity contribution in [2.24, 2.45) is 5.41 Å². The summed E-state index contributed by atoms with van der Waals surface area (Å²) in [5, 5.41) is 0. The highest BCUT2D eigenvalue weighted by molar-refractivity contribution is 5.71. The molecule has 2 rings (SSSR count). The first kappa shape index (κ1) is 20.6. The van der Waals surface area contributed by atoms with Gasteiger partial charge < -0.3 is 9.80 Å². The second kappa shape index (κ2) is 8.33. The molecule has 0 aromatic heterocycles. The average molecular weight is 355 g/mol. The smallest absolute Gasteiger partial charge is 0.0373 e. The van der Waals surface area contributed by atoms with E-state index in [1.54, 1.807) is 0 Å². The van der Waals surface area contributed by atoms with Crippen molar-refractivity contribution in [3.63, 3.8) is 0 Å². The van der Waals surface area contributed by atoms with Gasteiger partial charge in [0.05, 0.1) is 0 Å². The minimum Gasteiger partial charge on any atom is -0.372 e. The number of hydrogen-bond acceptors (Lipinski definition) is 2. The Balaban J connectivity index is 2.14. The van der Waals surface area contributed by atoms with Crippen LogP contribution in [0.1, 0.15) is 64.7 Å². The fourth-order valence-electron chi connectivity index (χ4n) is 4.04. The third-order valence-electron chi connectivity index (χ3n) is 5.30. The molecule has 0 N–H and O–H groups in total. The van der Waals surface area contributed by atoms with Crippen molar-refractivity contribution in [2.45, 2.75) is 60.8 Å². The molecule has 2 nitrogen and oxygen atoms in total. The number of hydrogen-bond donors (Lipinski definition) is 0. The summed E-state index contributed by atoms with van der Waals surface area (Å²) in [6.45, 7) is 26.3. The number of aryl methyl sites for hydroxylation is 2. The molecule has 0 amide bonds. The Bertz CT molecular complexity index is 630. The summed E-state index contributed by atoms with van der Waals surface area (Å²) in [5.41, 5.74) is 8.42. The molecule has 144 valence electrons. The zero-order valence-electron chi connectivity index (χ0n) is 17.9. The lowest BCUT2D eigenvalue weighted by Gasteiger charge is -2.40. The molecule has 1 saturated heterocycles. The molecule has 0 aliphatic carbocycles. The first-order chi connectivity index (χ1) is 12.2. The lowest BCUT2D eigenvalue weighted by molar-refractivity contribution is 0.276. The highest BCUT2D eigenvalue weighted by Gasteiger charge is 2.22. The van der Waals surface area contributed by atoms with Crippen LogP contribution in [0.4, 0.5) is 5.69 Å². The predicted octanol–water partition coefficient (Wildman–Crippen LogP) is 5.92. The Morgan fingerprint density at radius 1 is 0.962 bits per heavy atom. The van der Waals surface area contributed by atoms with E-state index in [4.69, 9.17) is 0 Å². The molecule has 0 atom stereocenters. The maximum atomic E-state index is 4.34.